The normalized spacial score (nSPS) is 11.8. The minimum atomic E-state index is -2.43. The first kappa shape index (κ1) is 22.9. The second kappa shape index (κ2) is 10.5. The van der Waals surface area contributed by atoms with Crippen molar-refractivity contribution in [2.24, 2.45) is 0 Å². The number of halogens is 1. The minimum Gasteiger partial charge on any atom is -1.00 e. The van der Waals surface area contributed by atoms with E-state index in [1.54, 1.807) is 0 Å². The summed E-state index contributed by atoms with van der Waals surface area (Å²) in [6.45, 7) is 0. The number of esters is 1. The largest absolute Gasteiger partial charge is 1.00 e. The number of methoxy groups -OCH3 is 1. The highest BCUT2D eigenvalue weighted by Gasteiger charge is 2.57. The molecule has 31 heavy (non-hydrogen) atoms. The zero-order valence-electron chi connectivity index (χ0n) is 17.3. The van der Waals surface area contributed by atoms with E-state index in [1.165, 1.54) is 7.11 Å². The first-order valence-corrected chi connectivity index (χ1v) is 11.8. The Hall–Kier alpha value is -2.74. The van der Waals surface area contributed by atoms with Gasteiger partial charge in [0.15, 0.2) is 0 Å². The van der Waals surface area contributed by atoms with Gasteiger partial charge >= 0.3 is 5.97 Å². The van der Waals surface area contributed by atoms with E-state index in [4.69, 9.17) is 4.74 Å². The molecule has 0 amide bonds. The van der Waals surface area contributed by atoms with Crippen LogP contribution in [0.25, 0.3) is 0 Å². The van der Waals surface area contributed by atoms with Gasteiger partial charge in [-0.3, -0.25) is 0 Å². The van der Waals surface area contributed by atoms with E-state index in [2.05, 4.69) is 72.8 Å². The fourth-order valence-corrected chi connectivity index (χ4v) is 8.91. The molecule has 0 aliphatic heterocycles. The second-order valence-electron chi connectivity index (χ2n) is 7.07. The third kappa shape index (κ3) is 4.35. The van der Waals surface area contributed by atoms with Crippen molar-refractivity contribution in [1.29, 1.82) is 0 Å². The molecule has 0 aliphatic rings. The molecule has 0 heterocycles. The van der Waals surface area contributed by atoms with Crippen molar-refractivity contribution in [3.05, 3.63) is 127 Å². The Morgan fingerprint density at radius 2 is 0.935 bits per heavy atom. The van der Waals surface area contributed by atoms with Crippen molar-refractivity contribution in [1.82, 2.24) is 0 Å². The molecule has 0 N–H and O–H groups in total. The molecule has 4 heteroatoms. The van der Waals surface area contributed by atoms with Gasteiger partial charge in [0, 0.05) is 5.56 Å². The molecule has 4 rings (SSSR count). The van der Waals surface area contributed by atoms with E-state index in [0.717, 1.165) is 21.5 Å². The highest BCUT2D eigenvalue weighted by molar-refractivity contribution is 7.96. The quantitative estimate of drug-likeness (QED) is 0.305. The van der Waals surface area contributed by atoms with Crippen molar-refractivity contribution in [2.45, 2.75) is 5.66 Å². The monoisotopic (exact) mass is 490 g/mol. The zero-order valence-corrected chi connectivity index (χ0v) is 19.7. The summed E-state index contributed by atoms with van der Waals surface area (Å²) in [6.07, 6.45) is 0. The van der Waals surface area contributed by atoms with Gasteiger partial charge in [-0.25, -0.2) is 4.79 Å². The summed E-state index contributed by atoms with van der Waals surface area (Å²) in [5.74, 6) is -0.217. The maximum Gasteiger partial charge on any atom is 0.352 e. The Bertz CT molecular complexity index is 990. The second-order valence-corrected chi connectivity index (χ2v) is 10.6. The van der Waals surface area contributed by atoms with Crippen LogP contribution in [-0.4, -0.2) is 13.1 Å². The predicted molar refractivity (Wildman–Crippen MR) is 126 cm³/mol. The highest BCUT2D eigenvalue weighted by atomic mass is 79.9. The van der Waals surface area contributed by atoms with E-state index in [9.17, 15) is 4.79 Å². The van der Waals surface area contributed by atoms with E-state index < -0.39 is 12.9 Å². The SMILES string of the molecule is COC(=O)C(c1ccccc1)[P+](c1ccccc1)(c1ccccc1)c1ccccc1.[Br-]. The summed E-state index contributed by atoms with van der Waals surface area (Å²) in [5, 5.41) is 3.46. The van der Waals surface area contributed by atoms with Gasteiger partial charge < -0.3 is 21.7 Å². The van der Waals surface area contributed by atoms with Crippen LogP contribution in [0.5, 0.6) is 0 Å². The molecule has 0 fully saturated rings. The Labute approximate surface area is 195 Å². The lowest BCUT2D eigenvalue weighted by Gasteiger charge is -2.33. The molecule has 0 spiro atoms. The number of benzene rings is 4. The Balaban J connectivity index is 0.00000272. The molecule has 0 bridgehead atoms. The van der Waals surface area contributed by atoms with Crippen molar-refractivity contribution < 1.29 is 26.5 Å². The van der Waals surface area contributed by atoms with Gasteiger partial charge in [0.25, 0.3) is 0 Å². The first-order valence-electron chi connectivity index (χ1n) is 9.97. The molecular formula is C27H24BrO2P. The number of rotatable bonds is 6. The molecule has 1 unspecified atom stereocenters. The smallest absolute Gasteiger partial charge is 0.352 e. The van der Waals surface area contributed by atoms with E-state index in [-0.39, 0.29) is 23.0 Å². The molecule has 156 valence electrons. The molecule has 0 aliphatic carbocycles. The summed E-state index contributed by atoms with van der Waals surface area (Å²) in [7, 11) is -0.952. The number of hydrogen-bond donors (Lipinski definition) is 0. The maximum absolute atomic E-state index is 13.5. The molecule has 4 aromatic rings. The van der Waals surface area contributed by atoms with E-state index >= 15 is 0 Å². The van der Waals surface area contributed by atoms with Crippen LogP contribution in [0.1, 0.15) is 11.2 Å². The van der Waals surface area contributed by atoms with Crippen LogP contribution in [0.15, 0.2) is 121 Å². The van der Waals surface area contributed by atoms with Crippen molar-refractivity contribution in [3.63, 3.8) is 0 Å². The van der Waals surface area contributed by atoms with Gasteiger partial charge in [-0.1, -0.05) is 84.9 Å². The first-order chi connectivity index (χ1) is 14.8. The van der Waals surface area contributed by atoms with Gasteiger partial charge in [-0.2, -0.15) is 0 Å². The molecule has 0 saturated heterocycles. The van der Waals surface area contributed by atoms with Gasteiger partial charge in [0.05, 0.1) is 7.11 Å². The molecule has 4 aromatic carbocycles. The van der Waals surface area contributed by atoms with Crippen LogP contribution in [-0.2, 0) is 9.53 Å². The average Bonchev–Trinajstić information content (AvgIpc) is 2.84. The van der Waals surface area contributed by atoms with Crippen LogP contribution in [0.4, 0.5) is 0 Å². The number of carbonyl (C=O) groups is 1. The summed E-state index contributed by atoms with van der Waals surface area (Å²) in [5.41, 5.74) is 0.519. The van der Waals surface area contributed by atoms with Gasteiger partial charge in [-0.15, -0.1) is 0 Å². The van der Waals surface area contributed by atoms with Gasteiger partial charge in [0.1, 0.15) is 23.2 Å². The summed E-state index contributed by atoms with van der Waals surface area (Å²) >= 11 is 0. The maximum atomic E-state index is 13.5. The summed E-state index contributed by atoms with van der Waals surface area (Å²) in [6, 6.07) is 41.2. The lowest BCUT2D eigenvalue weighted by molar-refractivity contribution is -0.140. The van der Waals surface area contributed by atoms with Gasteiger partial charge in [-0.05, 0) is 36.4 Å². The predicted octanol–water partition coefficient (Wildman–Crippen LogP) is 1.90. The van der Waals surface area contributed by atoms with Crippen LogP contribution in [0.3, 0.4) is 0 Å². The van der Waals surface area contributed by atoms with Crippen LogP contribution in [0.2, 0.25) is 0 Å². The number of ether oxygens (including phenoxy) is 1. The molecule has 1 atom stereocenters. The highest BCUT2D eigenvalue weighted by Crippen LogP contribution is 2.66. The summed E-state index contributed by atoms with van der Waals surface area (Å²) in [4.78, 5) is 13.5. The number of carbonyl (C=O) groups excluding carboxylic acids is 1. The van der Waals surface area contributed by atoms with Crippen LogP contribution < -0.4 is 32.9 Å². The topological polar surface area (TPSA) is 26.3 Å². The van der Waals surface area contributed by atoms with Crippen LogP contribution >= 0.6 is 7.26 Å². The third-order valence-electron chi connectivity index (χ3n) is 5.42. The lowest BCUT2D eigenvalue weighted by Crippen LogP contribution is -3.00. The Morgan fingerprint density at radius 1 is 0.613 bits per heavy atom. The van der Waals surface area contributed by atoms with E-state index in [0.29, 0.717) is 0 Å². The van der Waals surface area contributed by atoms with Crippen molar-refractivity contribution in [2.75, 3.05) is 7.11 Å². The zero-order chi connectivity index (χ0) is 20.8. The molecule has 2 nitrogen and oxygen atoms in total. The van der Waals surface area contributed by atoms with Crippen molar-refractivity contribution >= 4 is 29.1 Å². The van der Waals surface area contributed by atoms with Crippen molar-refractivity contribution in [3.8, 4) is 0 Å². The van der Waals surface area contributed by atoms with E-state index in [1.807, 2.05) is 48.5 Å². The lowest BCUT2D eigenvalue weighted by atomic mass is 10.1. The fourth-order valence-electron chi connectivity index (χ4n) is 4.15. The molecule has 0 aromatic heterocycles. The summed E-state index contributed by atoms with van der Waals surface area (Å²) < 4.78 is 5.43. The molecular weight excluding hydrogens is 467 g/mol. The fraction of sp³-hybridized carbons (Fsp3) is 0.0741. The minimum absolute atomic E-state index is 0. The molecule has 0 saturated carbocycles. The Morgan fingerprint density at radius 3 is 1.26 bits per heavy atom. The third-order valence-corrected chi connectivity index (χ3v) is 10.0. The molecule has 0 radical (unpaired) electrons. The standard InChI is InChI=1S/C27H24O2P.BrH/c1-29-27(28)26(22-14-6-2-7-15-22)30(23-16-8-3-9-17-23,24-18-10-4-11-19-24)25-20-12-5-13-21-25;/h2-21,26H,1H3;1H/q+1;/p-1. The average molecular weight is 491 g/mol. The van der Waals surface area contributed by atoms with Crippen LogP contribution in [0, 0.1) is 0 Å². The Kier molecular flexibility index (Phi) is 7.79. The van der Waals surface area contributed by atoms with Gasteiger partial charge in [0.2, 0.25) is 5.66 Å². The number of hydrogen-bond acceptors (Lipinski definition) is 2.